The first-order valence-electron chi connectivity index (χ1n) is 8.91. The number of hydrogen-bond acceptors (Lipinski definition) is 4. The maximum absolute atomic E-state index is 13.7. The number of carbonyl (C=O) groups is 1. The standard InChI is InChI=1S/C18H23FN2O4/c19-13-3-4-16-14(12-13)15(2-1-9-23-16)20-17(22)21-7-5-18(6-8-21)24-10-11-25-18/h3-4,12,15H,1-2,5-11H2,(H,20,22)/t15-/m1/s1. The van der Waals surface area contributed by atoms with Crippen molar-refractivity contribution >= 4 is 6.03 Å². The minimum Gasteiger partial charge on any atom is -0.493 e. The Bertz CT molecular complexity index is 638. The number of likely N-dealkylation sites (tertiary alicyclic amines) is 1. The molecule has 0 radical (unpaired) electrons. The van der Waals surface area contributed by atoms with Crippen LogP contribution in [-0.2, 0) is 9.47 Å². The molecule has 6 nitrogen and oxygen atoms in total. The molecule has 1 aromatic carbocycles. The molecule has 2 amide bonds. The van der Waals surface area contributed by atoms with E-state index in [4.69, 9.17) is 14.2 Å². The number of hydrogen-bond donors (Lipinski definition) is 1. The summed E-state index contributed by atoms with van der Waals surface area (Å²) in [7, 11) is 0. The summed E-state index contributed by atoms with van der Waals surface area (Å²) in [5.74, 6) is -0.170. The molecule has 25 heavy (non-hydrogen) atoms. The van der Waals surface area contributed by atoms with Gasteiger partial charge in [-0.2, -0.15) is 0 Å². The molecular weight excluding hydrogens is 327 g/mol. The summed E-state index contributed by atoms with van der Waals surface area (Å²) < 4.78 is 30.7. The predicted molar refractivity (Wildman–Crippen MR) is 87.8 cm³/mol. The average Bonchev–Trinajstić information content (AvgIpc) is 2.97. The van der Waals surface area contributed by atoms with Gasteiger partial charge in [0.1, 0.15) is 11.6 Å². The lowest BCUT2D eigenvalue weighted by Crippen LogP contribution is -2.50. The first kappa shape index (κ1) is 16.6. The molecule has 1 spiro atoms. The van der Waals surface area contributed by atoms with Gasteiger partial charge in [0.15, 0.2) is 5.79 Å². The van der Waals surface area contributed by atoms with Crippen molar-refractivity contribution in [2.45, 2.75) is 37.5 Å². The molecular formula is C18H23FN2O4. The molecule has 0 aromatic heterocycles. The van der Waals surface area contributed by atoms with E-state index in [1.165, 1.54) is 12.1 Å². The highest BCUT2D eigenvalue weighted by Gasteiger charge is 2.41. The van der Waals surface area contributed by atoms with Crippen LogP contribution in [0, 0.1) is 5.82 Å². The van der Waals surface area contributed by atoms with Crippen molar-refractivity contribution in [2.75, 3.05) is 32.9 Å². The van der Waals surface area contributed by atoms with Gasteiger partial charge in [-0.1, -0.05) is 0 Å². The molecule has 4 rings (SSSR count). The van der Waals surface area contributed by atoms with E-state index in [2.05, 4.69) is 5.32 Å². The third kappa shape index (κ3) is 3.43. The highest BCUT2D eigenvalue weighted by Crippen LogP contribution is 2.34. The molecule has 3 aliphatic rings. The quantitative estimate of drug-likeness (QED) is 0.846. The van der Waals surface area contributed by atoms with Crippen molar-refractivity contribution in [1.82, 2.24) is 10.2 Å². The van der Waals surface area contributed by atoms with E-state index in [0.717, 1.165) is 12.8 Å². The maximum Gasteiger partial charge on any atom is 0.317 e. The second-order valence-electron chi connectivity index (χ2n) is 6.77. The van der Waals surface area contributed by atoms with Crippen LogP contribution >= 0.6 is 0 Å². The smallest absolute Gasteiger partial charge is 0.317 e. The number of halogens is 1. The van der Waals surface area contributed by atoms with Crippen LogP contribution in [-0.4, -0.2) is 49.6 Å². The average molecular weight is 350 g/mol. The first-order valence-corrected chi connectivity index (χ1v) is 8.91. The van der Waals surface area contributed by atoms with Crippen LogP contribution in [0.25, 0.3) is 0 Å². The molecule has 0 aliphatic carbocycles. The highest BCUT2D eigenvalue weighted by molar-refractivity contribution is 5.75. The number of amides is 2. The zero-order valence-electron chi connectivity index (χ0n) is 14.1. The number of benzene rings is 1. The number of ether oxygens (including phenoxy) is 3. The van der Waals surface area contributed by atoms with Crippen LogP contribution in [0.4, 0.5) is 9.18 Å². The number of nitrogens with one attached hydrogen (secondary N) is 1. The van der Waals surface area contributed by atoms with E-state index >= 15 is 0 Å². The molecule has 2 fully saturated rings. The van der Waals surface area contributed by atoms with Crippen molar-refractivity contribution in [3.63, 3.8) is 0 Å². The van der Waals surface area contributed by atoms with Gasteiger partial charge < -0.3 is 24.4 Å². The van der Waals surface area contributed by atoms with Crippen LogP contribution in [0.3, 0.4) is 0 Å². The lowest BCUT2D eigenvalue weighted by atomic mass is 10.0. The van der Waals surface area contributed by atoms with Gasteiger partial charge >= 0.3 is 6.03 Å². The molecule has 0 bridgehead atoms. The summed E-state index contributed by atoms with van der Waals surface area (Å²) in [6.45, 7) is 3.00. The van der Waals surface area contributed by atoms with Crippen molar-refractivity contribution in [3.8, 4) is 5.75 Å². The minimum atomic E-state index is -0.497. The Balaban J connectivity index is 1.42. The maximum atomic E-state index is 13.7. The van der Waals surface area contributed by atoms with Gasteiger partial charge in [-0.3, -0.25) is 0 Å². The fourth-order valence-corrected chi connectivity index (χ4v) is 3.77. The van der Waals surface area contributed by atoms with Crippen LogP contribution in [0.2, 0.25) is 0 Å². The SMILES string of the molecule is O=C(N[C@@H]1CCCOc2ccc(F)cc21)N1CCC2(CC1)OCCO2. The van der Waals surface area contributed by atoms with E-state index in [9.17, 15) is 9.18 Å². The Kier molecular flexibility index (Phi) is 4.52. The highest BCUT2D eigenvalue weighted by atomic mass is 19.1. The van der Waals surface area contributed by atoms with E-state index in [1.54, 1.807) is 11.0 Å². The predicted octanol–water partition coefficient (Wildman–Crippen LogP) is 2.59. The normalized spacial score (nSPS) is 25.2. The summed E-state index contributed by atoms with van der Waals surface area (Å²) in [5, 5.41) is 3.05. The van der Waals surface area contributed by atoms with Crippen LogP contribution in [0.1, 0.15) is 37.3 Å². The molecule has 3 heterocycles. The summed E-state index contributed by atoms with van der Waals surface area (Å²) >= 11 is 0. The summed E-state index contributed by atoms with van der Waals surface area (Å²) in [4.78, 5) is 14.5. The lowest BCUT2D eigenvalue weighted by molar-refractivity contribution is -0.181. The van der Waals surface area contributed by atoms with Crippen molar-refractivity contribution < 1.29 is 23.4 Å². The van der Waals surface area contributed by atoms with E-state index in [1.807, 2.05) is 0 Å². The molecule has 136 valence electrons. The molecule has 0 saturated carbocycles. The zero-order valence-corrected chi connectivity index (χ0v) is 14.1. The third-order valence-corrected chi connectivity index (χ3v) is 5.17. The number of piperidine rings is 1. The number of fused-ring (bicyclic) bond motifs is 1. The van der Waals surface area contributed by atoms with E-state index < -0.39 is 5.79 Å². The van der Waals surface area contributed by atoms with E-state index in [-0.39, 0.29) is 17.9 Å². The fraction of sp³-hybridized carbons (Fsp3) is 0.611. The summed E-state index contributed by atoms with van der Waals surface area (Å²) in [5.41, 5.74) is 0.710. The second-order valence-corrected chi connectivity index (χ2v) is 6.77. The van der Waals surface area contributed by atoms with Gasteiger partial charge in [-0.15, -0.1) is 0 Å². The van der Waals surface area contributed by atoms with Crippen LogP contribution in [0.15, 0.2) is 18.2 Å². The van der Waals surface area contributed by atoms with Crippen molar-refractivity contribution in [2.24, 2.45) is 0 Å². The Morgan fingerprint density at radius 1 is 1.20 bits per heavy atom. The number of carbonyl (C=O) groups excluding carboxylic acids is 1. The number of nitrogens with zero attached hydrogens (tertiary/aromatic N) is 1. The third-order valence-electron chi connectivity index (χ3n) is 5.17. The Hall–Kier alpha value is -1.86. The van der Waals surface area contributed by atoms with Crippen LogP contribution < -0.4 is 10.1 Å². The molecule has 1 atom stereocenters. The number of urea groups is 1. The monoisotopic (exact) mass is 350 g/mol. The van der Waals surface area contributed by atoms with Gasteiger partial charge in [0.25, 0.3) is 0 Å². The topological polar surface area (TPSA) is 60.0 Å². The molecule has 2 saturated heterocycles. The molecule has 7 heteroatoms. The largest absolute Gasteiger partial charge is 0.493 e. The van der Waals surface area contributed by atoms with Crippen molar-refractivity contribution in [3.05, 3.63) is 29.6 Å². The second kappa shape index (κ2) is 6.80. The molecule has 3 aliphatic heterocycles. The summed E-state index contributed by atoms with van der Waals surface area (Å²) in [6.07, 6.45) is 2.90. The Morgan fingerprint density at radius 3 is 2.72 bits per heavy atom. The van der Waals surface area contributed by atoms with Crippen LogP contribution in [0.5, 0.6) is 5.75 Å². The lowest BCUT2D eigenvalue weighted by Gasteiger charge is -2.38. The van der Waals surface area contributed by atoms with Gasteiger partial charge in [-0.25, -0.2) is 9.18 Å². The first-order chi connectivity index (χ1) is 12.2. The Labute approximate surface area is 146 Å². The Morgan fingerprint density at radius 2 is 1.96 bits per heavy atom. The van der Waals surface area contributed by atoms with Crippen molar-refractivity contribution in [1.29, 1.82) is 0 Å². The minimum absolute atomic E-state index is 0.130. The van der Waals surface area contributed by atoms with Gasteiger partial charge in [-0.05, 0) is 31.0 Å². The molecule has 1 aromatic rings. The molecule has 1 N–H and O–H groups in total. The summed E-state index contributed by atoms with van der Waals surface area (Å²) in [6, 6.07) is 4.10. The van der Waals surface area contributed by atoms with Gasteiger partial charge in [0.05, 0.1) is 25.9 Å². The molecule has 0 unspecified atom stereocenters. The zero-order chi connectivity index (χ0) is 17.3. The number of rotatable bonds is 1. The van der Waals surface area contributed by atoms with Gasteiger partial charge in [0, 0.05) is 31.5 Å². The fourth-order valence-electron chi connectivity index (χ4n) is 3.77. The van der Waals surface area contributed by atoms with E-state index in [0.29, 0.717) is 57.1 Å². The van der Waals surface area contributed by atoms with Gasteiger partial charge in [0.2, 0.25) is 0 Å².